The maximum atomic E-state index is 4.41. The molecule has 86 valence electrons. The second-order valence-corrected chi connectivity index (χ2v) is 4.46. The molecule has 0 N–H and O–H groups in total. The summed E-state index contributed by atoms with van der Waals surface area (Å²) in [6, 6.07) is 10.4. The quantitative estimate of drug-likeness (QED) is 0.720. The third kappa shape index (κ3) is 3.07. The highest BCUT2D eigenvalue weighted by Crippen LogP contribution is 2.13. The number of benzene rings is 1. The van der Waals surface area contributed by atoms with E-state index < -0.39 is 0 Å². The van der Waals surface area contributed by atoms with E-state index in [0.717, 1.165) is 9.39 Å². The number of halogens is 1. The summed E-state index contributed by atoms with van der Waals surface area (Å²) < 4.78 is 2.99. The summed E-state index contributed by atoms with van der Waals surface area (Å²) in [6.07, 6.45) is 0. The molecular formula is C13H17IN2. The van der Waals surface area contributed by atoms with E-state index in [-0.39, 0.29) is 0 Å². The third-order valence-electron chi connectivity index (χ3n) is 2.14. The van der Waals surface area contributed by atoms with E-state index in [9.17, 15) is 0 Å². The fraction of sp³-hybridized carbons (Fsp3) is 0.308. The largest absolute Gasteiger partial charge is 0.237 e. The topological polar surface area (TPSA) is 17.8 Å². The van der Waals surface area contributed by atoms with Crippen molar-refractivity contribution < 1.29 is 0 Å². The lowest BCUT2D eigenvalue weighted by molar-refractivity contribution is 0.838. The molecule has 0 saturated carbocycles. The van der Waals surface area contributed by atoms with Crippen LogP contribution in [0.3, 0.4) is 0 Å². The van der Waals surface area contributed by atoms with Crippen molar-refractivity contribution in [1.82, 2.24) is 9.78 Å². The first-order valence-electron chi connectivity index (χ1n) is 5.46. The molecule has 0 bridgehead atoms. The summed E-state index contributed by atoms with van der Waals surface area (Å²) in [4.78, 5) is 0. The molecular weight excluding hydrogens is 311 g/mol. The van der Waals surface area contributed by atoms with Gasteiger partial charge in [0, 0.05) is 5.69 Å². The highest BCUT2D eigenvalue weighted by molar-refractivity contribution is 14.1. The van der Waals surface area contributed by atoms with E-state index in [2.05, 4.69) is 71.9 Å². The lowest BCUT2D eigenvalue weighted by Gasteiger charge is -2.03. The zero-order valence-corrected chi connectivity index (χ0v) is 12.3. The van der Waals surface area contributed by atoms with Gasteiger partial charge in [0.1, 0.15) is 3.70 Å². The first-order valence-corrected chi connectivity index (χ1v) is 6.54. The summed E-state index contributed by atoms with van der Waals surface area (Å²) in [5, 5.41) is 4.41. The molecule has 0 fully saturated rings. The van der Waals surface area contributed by atoms with Gasteiger partial charge in [-0.15, -0.1) is 0 Å². The van der Waals surface area contributed by atoms with Gasteiger partial charge in [-0.05, 0) is 54.6 Å². The molecule has 1 heterocycles. The van der Waals surface area contributed by atoms with Crippen LogP contribution in [0.5, 0.6) is 0 Å². The summed E-state index contributed by atoms with van der Waals surface area (Å²) >= 11 is 2.23. The molecule has 2 nitrogen and oxygen atoms in total. The Morgan fingerprint density at radius 1 is 1.06 bits per heavy atom. The Bertz CT molecular complexity index is 443. The molecule has 1 aromatic carbocycles. The SMILES string of the molecule is CC.Cc1ccc(-n2nc(I)cc2C)cc1. The van der Waals surface area contributed by atoms with Crippen molar-refractivity contribution in [3.63, 3.8) is 0 Å². The van der Waals surface area contributed by atoms with Crippen LogP contribution in [-0.4, -0.2) is 9.78 Å². The molecule has 0 spiro atoms. The lowest BCUT2D eigenvalue weighted by atomic mass is 10.2. The zero-order chi connectivity index (χ0) is 12.1. The van der Waals surface area contributed by atoms with Gasteiger partial charge in [-0.2, -0.15) is 5.10 Å². The average Bonchev–Trinajstić information content (AvgIpc) is 2.62. The number of hydrogen-bond acceptors (Lipinski definition) is 1. The van der Waals surface area contributed by atoms with Gasteiger partial charge in [0.15, 0.2) is 0 Å². The Morgan fingerprint density at radius 2 is 1.62 bits per heavy atom. The van der Waals surface area contributed by atoms with E-state index in [1.54, 1.807) is 0 Å². The molecule has 0 atom stereocenters. The predicted molar refractivity (Wildman–Crippen MR) is 77.1 cm³/mol. The van der Waals surface area contributed by atoms with Gasteiger partial charge < -0.3 is 0 Å². The van der Waals surface area contributed by atoms with Crippen molar-refractivity contribution in [2.45, 2.75) is 27.7 Å². The van der Waals surface area contributed by atoms with Gasteiger partial charge >= 0.3 is 0 Å². The summed E-state index contributed by atoms with van der Waals surface area (Å²) in [6.45, 7) is 8.15. The van der Waals surface area contributed by atoms with Crippen LogP contribution in [0.25, 0.3) is 5.69 Å². The molecule has 0 aliphatic rings. The molecule has 1 aromatic heterocycles. The molecule has 16 heavy (non-hydrogen) atoms. The first kappa shape index (κ1) is 13.2. The molecule has 2 rings (SSSR count). The van der Waals surface area contributed by atoms with Crippen molar-refractivity contribution >= 4 is 22.6 Å². The van der Waals surface area contributed by atoms with Crippen molar-refractivity contribution in [2.75, 3.05) is 0 Å². The number of hydrogen-bond donors (Lipinski definition) is 0. The molecule has 0 unspecified atom stereocenters. The number of aromatic nitrogens is 2. The van der Waals surface area contributed by atoms with E-state index in [1.807, 2.05) is 18.5 Å². The molecule has 2 aromatic rings. The van der Waals surface area contributed by atoms with Gasteiger partial charge in [0.25, 0.3) is 0 Å². The fourth-order valence-corrected chi connectivity index (χ4v) is 2.05. The minimum absolute atomic E-state index is 1.03. The van der Waals surface area contributed by atoms with Crippen LogP contribution in [0.15, 0.2) is 30.3 Å². The summed E-state index contributed by atoms with van der Waals surface area (Å²) in [5.41, 5.74) is 3.56. The minimum Gasteiger partial charge on any atom is -0.237 e. The van der Waals surface area contributed by atoms with Crippen LogP contribution >= 0.6 is 22.6 Å². The third-order valence-corrected chi connectivity index (χ3v) is 2.66. The van der Waals surface area contributed by atoms with Crippen molar-refractivity contribution in [2.24, 2.45) is 0 Å². The molecule has 0 aliphatic heterocycles. The van der Waals surface area contributed by atoms with Gasteiger partial charge in [0.2, 0.25) is 0 Å². The van der Waals surface area contributed by atoms with E-state index >= 15 is 0 Å². The highest BCUT2D eigenvalue weighted by Gasteiger charge is 2.02. The number of aryl methyl sites for hydroxylation is 2. The van der Waals surface area contributed by atoms with E-state index in [1.165, 1.54) is 11.3 Å². The molecule has 0 aliphatic carbocycles. The van der Waals surface area contributed by atoms with Crippen LogP contribution in [-0.2, 0) is 0 Å². The lowest BCUT2D eigenvalue weighted by Crippen LogP contribution is -1.98. The summed E-state index contributed by atoms with van der Waals surface area (Å²) in [7, 11) is 0. The standard InChI is InChI=1S/C11H11IN2.C2H6/c1-8-3-5-10(6-4-8)14-9(2)7-11(12)13-14;1-2/h3-7H,1-2H3;1-2H3. The first-order chi connectivity index (χ1) is 7.66. The van der Waals surface area contributed by atoms with Gasteiger partial charge in [0.05, 0.1) is 5.69 Å². The molecule has 0 amide bonds. The van der Waals surface area contributed by atoms with E-state index in [4.69, 9.17) is 0 Å². The second-order valence-electron chi connectivity index (χ2n) is 3.36. The Morgan fingerprint density at radius 3 is 2.06 bits per heavy atom. The molecule has 3 heteroatoms. The van der Waals surface area contributed by atoms with Gasteiger partial charge in [-0.3, -0.25) is 0 Å². The van der Waals surface area contributed by atoms with Crippen LogP contribution in [0, 0.1) is 17.5 Å². The van der Waals surface area contributed by atoms with Crippen LogP contribution in [0.2, 0.25) is 0 Å². The van der Waals surface area contributed by atoms with Crippen molar-refractivity contribution in [3.05, 3.63) is 45.3 Å². The van der Waals surface area contributed by atoms with E-state index in [0.29, 0.717) is 0 Å². The number of rotatable bonds is 1. The van der Waals surface area contributed by atoms with Crippen molar-refractivity contribution in [3.8, 4) is 5.69 Å². The second kappa shape index (κ2) is 6.03. The normalized spacial score (nSPS) is 9.56. The molecule has 0 radical (unpaired) electrons. The maximum Gasteiger partial charge on any atom is 0.124 e. The Labute approximate surface area is 111 Å². The van der Waals surface area contributed by atoms with Crippen LogP contribution in [0.4, 0.5) is 0 Å². The van der Waals surface area contributed by atoms with Crippen LogP contribution in [0.1, 0.15) is 25.1 Å². The molecule has 0 saturated heterocycles. The Kier molecular flexibility index (Phi) is 4.99. The zero-order valence-electron chi connectivity index (χ0n) is 10.2. The Balaban J connectivity index is 0.000000606. The van der Waals surface area contributed by atoms with Crippen molar-refractivity contribution in [1.29, 1.82) is 0 Å². The monoisotopic (exact) mass is 328 g/mol. The van der Waals surface area contributed by atoms with Crippen LogP contribution < -0.4 is 0 Å². The van der Waals surface area contributed by atoms with Gasteiger partial charge in [-0.25, -0.2) is 4.68 Å². The minimum atomic E-state index is 1.03. The van der Waals surface area contributed by atoms with Gasteiger partial charge in [-0.1, -0.05) is 31.5 Å². The maximum absolute atomic E-state index is 4.41. The average molecular weight is 328 g/mol. The number of nitrogens with zero attached hydrogens (tertiary/aromatic N) is 2. The smallest absolute Gasteiger partial charge is 0.124 e. The summed E-state index contributed by atoms with van der Waals surface area (Å²) in [5.74, 6) is 0. The highest BCUT2D eigenvalue weighted by atomic mass is 127. The predicted octanol–water partition coefficient (Wildman–Crippen LogP) is 4.12. The Hall–Kier alpha value is -0.840. The fourth-order valence-electron chi connectivity index (χ4n) is 1.38.